The number of hydrogen-bond donors (Lipinski definition) is 1. The van der Waals surface area contributed by atoms with Crippen LogP contribution in [0.2, 0.25) is 0 Å². The lowest BCUT2D eigenvalue weighted by Gasteiger charge is -2.38. The Hall–Kier alpha value is -6.33. The van der Waals surface area contributed by atoms with Gasteiger partial charge in [0, 0.05) is 37.1 Å². The number of para-hydroxylation sites is 1. The molecule has 2 heterocycles. The fourth-order valence-electron chi connectivity index (χ4n) is 6.61. The van der Waals surface area contributed by atoms with Crippen LogP contribution in [0.5, 0.6) is 0 Å². The molecular weight excluding hydrogens is 716 g/mol. The molecule has 0 radical (unpaired) electrons. The topological polar surface area (TPSA) is 121 Å². The summed E-state index contributed by atoms with van der Waals surface area (Å²) >= 11 is 0. The first kappa shape index (κ1) is 38.4. The van der Waals surface area contributed by atoms with Crippen LogP contribution in [0, 0.1) is 17.1 Å². The van der Waals surface area contributed by atoms with Crippen LogP contribution in [0.1, 0.15) is 62.4 Å². The summed E-state index contributed by atoms with van der Waals surface area (Å²) in [5, 5.41) is 17.6. The summed E-state index contributed by atoms with van der Waals surface area (Å²) in [7, 11) is 1.45. The number of nitriles is 1. The minimum Gasteiger partial charge on any atom is -0.377 e. The van der Waals surface area contributed by atoms with Crippen LogP contribution in [-0.4, -0.2) is 64.7 Å². The van der Waals surface area contributed by atoms with Gasteiger partial charge in [-0.2, -0.15) is 23.5 Å². The lowest BCUT2D eigenvalue weighted by molar-refractivity contribution is -0.137. The number of halogens is 4. The number of nitrogens with zero attached hydrogens (tertiary/aromatic N) is 5. The summed E-state index contributed by atoms with van der Waals surface area (Å²) in [6.07, 6.45) is -4.58. The van der Waals surface area contributed by atoms with Crippen LogP contribution >= 0.6 is 0 Å². The molecule has 55 heavy (non-hydrogen) atoms. The first-order valence-corrected chi connectivity index (χ1v) is 17.4. The maximum absolute atomic E-state index is 14.6. The van der Waals surface area contributed by atoms with Gasteiger partial charge >= 0.3 is 6.18 Å². The second-order valence-corrected chi connectivity index (χ2v) is 12.9. The third kappa shape index (κ3) is 8.12. The Bertz CT molecular complexity index is 2200. The molecule has 0 saturated carbocycles. The van der Waals surface area contributed by atoms with Crippen molar-refractivity contribution in [2.75, 3.05) is 25.1 Å². The maximum Gasteiger partial charge on any atom is 0.416 e. The number of fused-ring (bicyclic) bond motifs is 1. The van der Waals surface area contributed by atoms with Gasteiger partial charge in [0.1, 0.15) is 23.7 Å². The van der Waals surface area contributed by atoms with Gasteiger partial charge < -0.3 is 15.0 Å². The van der Waals surface area contributed by atoms with Crippen molar-refractivity contribution >= 4 is 23.5 Å². The smallest absolute Gasteiger partial charge is 0.377 e. The number of carbonyl (C=O) groups is 3. The fraction of sp³-hybridized carbons (Fsp3) is 0.244. The van der Waals surface area contributed by atoms with Gasteiger partial charge in [0.25, 0.3) is 17.7 Å². The molecule has 3 unspecified atom stereocenters. The number of rotatable bonds is 12. The van der Waals surface area contributed by atoms with Gasteiger partial charge in [-0.05, 0) is 60.5 Å². The second kappa shape index (κ2) is 16.4. The lowest BCUT2D eigenvalue weighted by atomic mass is 9.80. The highest BCUT2D eigenvalue weighted by atomic mass is 19.4. The van der Waals surface area contributed by atoms with Crippen molar-refractivity contribution in [1.29, 1.82) is 5.26 Å². The molecule has 5 aromatic rings. The lowest BCUT2D eigenvalue weighted by Crippen LogP contribution is -2.55. The zero-order valence-electron chi connectivity index (χ0n) is 29.8. The molecule has 6 rings (SSSR count). The van der Waals surface area contributed by atoms with Gasteiger partial charge in [0.05, 0.1) is 30.5 Å². The highest BCUT2D eigenvalue weighted by Gasteiger charge is 2.48. The molecule has 282 valence electrons. The summed E-state index contributed by atoms with van der Waals surface area (Å²) in [4.78, 5) is 45.4. The summed E-state index contributed by atoms with van der Waals surface area (Å²) < 4.78 is 62.4. The highest BCUT2D eigenvalue weighted by molar-refractivity contribution is 6.07. The number of likely N-dealkylation sites (N-methyl/N-ethyl adjacent to an activating group) is 1. The molecule has 14 heteroatoms. The van der Waals surface area contributed by atoms with Crippen LogP contribution in [0.15, 0.2) is 109 Å². The van der Waals surface area contributed by atoms with Gasteiger partial charge in [-0.25, -0.2) is 9.07 Å². The number of nitrogens with one attached hydrogen (secondary N) is 1. The molecule has 1 aromatic heterocycles. The molecule has 0 aliphatic carbocycles. The summed E-state index contributed by atoms with van der Waals surface area (Å²) in [5.74, 6) is -3.86. The van der Waals surface area contributed by atoms with Gasteiger partial charge in [0.15, 0.2) is 5.69 Å². The number of alkyl halides is 3. The van der Waals surface area contributed by atoms with E-state index in [9.17, 15) is 37.2 Å². The first-order chi connectivity index (χ1) is 26.4. The van der Waals surface area contributed by atoms with E-state index in [0.717, 1.165) is 29.8 Å². The minimum atomic E-state index is -4.73. The molecule has 1 N–H and O–H groups in total. The number of carbonyl (C=O) groups excluding carboxylic acids is 3. The minimum absolute atomic E-state index is 0.0411. The van der Waals surface area contributed by atoms with E-state index in [2.05, 4.69) is 11.4 Å². The largest absolute Gasteiger partial charge is 0.416 e. The van der Waals surface area contributed by atoms with Crippen LogP contribution in [-0.2, 0) is 22.3 Å². The molecule has 0 saturated heterocycles. The predicted molar refractivity (Wildman–Crippen MR) is 195 cm³/mol. The molecule has 10 nitrogen and oxygen atoms in total. The van der Waals surface area contributed by atoms with E-state index in [1.807, 2.05) is 30.3 Å². The zero-order valence-corrected chi connectivity index (χ0v) is 29.8. The standard InChI is InChI=1S/C41H36F4N6O4/c1-3-50-38-34(33(27-17-19-30(42)20-18-27)35(40(50)54)47-37(52)28-13-10-14-29(23-28)41(43,44)45)36(48-51(38)31-15-8-5-9-16-31)39(53)49(2)32(24-46)21-22-55-25-26-11-6-4-7-12-26/h4-20,23,32-33,35H,3,21-22,25H2,1-2H3,(H,47,52). The summed E-state index contributed by atoms with van der Waals surface area (Å²) in [6, 6.07) is 26.8. The fourth-order valence-corrected chi connectivity index (χ4v) is 6.61. The average molecular weight is 753 g/mol. The third-order valence-corrected chi connectivity index (χ3v) is 9.40. The maximum atomic E-state index is 14.6. The summed E-state index contributed by atoms with van der Waals surface area (Å²) in [6.45, 7) is 2.18. The van der Waals surface area contributed by atoms with Crippen molar-refractivity contribution in [3.63, 3.8) is 0 Å². The molecule has 3 atom stereocenters. The Morgan fingerprint density at radius 2 is 1.65 bits per heavy atom. The Morgan fingerprint density at radius 3 is 2.29 bits per heavy atom. The van der Waals surface area contributed by atoms with Crippen LogP contribution in [0.3, 0.4) is 0 Å². The van der Waals surface area contributed by atoms with Gasteiger partial charge in [-0.15, -0.1) is 0 Å². The Labute approximate surface area is 314 Å². The first-order valence-electron chi connectivity index (χ1n) is 17.4. The Morgan fingerprint density at radius 1 is 0.982 bits per heavy atom. The molecular formula is C41H36F4N6O4. The van der Waals surface area contributed by atoms with E-state index < -0.39 is 53.3 Å². The predicted octanol–water partition coefficient (Wildman–Crippen LogP) is 6.90. The SMILES string of the molecule is CCN1C(=O)C(NC(=O)c2cccc(C(F)(F)F)c2)C(c2ccc(F)cc2)c2c(C(=O)N(C)C(C#N)CCOCc3ccccc3)nn(-c3ccccc3)c21. The second-order valence-electron chi connectivity index (χ2n) is 12.9. The van der Waals surface area contributed by atoms with Crippen molar-refractivity contribution < 1.29 is 36.7 Å². The molecule has 0 spiro atoms. The Balaban J connectivity index is 1.45. The molecule has 1 aliphatic heterocycles. The molecule has 3 amide bonds. The molecule has 4 aromatic carbocycles. The summed E-state index contributed by atoms with van der Waals surface area (Å²) in [5.41, 5.74) is 0.385. The quantitative estimate of drug-likeness (QED) is 0.109. The number of hydrogen-bond acceptors (Lipinski definition) is 6. The van der Waals surface area contributed by atoms with Gasteiger partial charge in [0.2, 0.25) is 0 Å². The van der Waals surface area contributed by atoms with Crippen molar-refractivity contribution in [3.8, 4) is 11.8 Å². The molecule has 0 fully saturated rings. The van der Waals surface area contributed by atoms with Crippen LogP contribution < -0.4 is 10.2 Å². The van der Waals surface area contributed by atoms with Crippen molar-refractivity contribution in [2.24, 2.45) is 0 Å². The normalized spacial score (nSPS) is 15.9. The Kier molecular flexibility index (Phi) is 11.4. The van der Waals surface area contributed by atoms with Gasteiger partial charge in [-0.3, -0.25) is 19.3 Å². The zero-order chi connectivity index (χ0) is 39.3. The monoisotopic (exact) mass is 752 g/mol. The van der Waals surface area contributed by atoms with E-state index in [1.54, 1.807) is 37.3 Å². The van der Waals surface area contributed by atoms with Gasteiger partial charge in [-0.1, -0.05) is 66.7 Å². The number of anilines is 1. The highest BCUT2D eigenvalue weighted by Crippen LogP contribution is 2.44. The van der Waals surface area contributed by atoms with E-state index in [-0.39, 0.29) is 42.2 Å². The van der Waals surface area contributed by atoms with Crippen LogP contribution in [0.4, 0.5) is 23.4 Å². The van der Waals surface area contributed by atoms with E-state index >= 15 is 0 Å². The third-order valence-electron chi connectivity index (χ3n) is 9.40. The van der Waals surface area contributed by atoms with Crippen LogP contribution in [0.25, 0.3) is 5.69 Å². The number of ether oxygens (including phenoxy) is 1. The van der Waals surface area contributed by atoms with E-state index in [0.29, 0.717) is 23.9 Å². The van der Waals surface area contributed by atoms with Crippen molar-refractivity contribution in [2.45, 2.75) is 44.1 Å². The molecule has 1 aliphatic rings. The number of amides is 3. The number of aromatic nitrogens is 2. The molecule has 0 bridgehead atoms. The average Bonchev–Trinajstić information content (AvgIpc) is 3.58. The van der Waals surface area contributed by atoms with E-state index in [1.165, 1.54) is 39.7 Å². The number of benzene rings is 4. The van der Waals surface area contributed by atoms with E-state index in [4.69, 9.17) is 9.84 Å². The van der Waals surface area contributed by atoms with Crippen molar-refractivity contribution in [1.82, 2.24) is 20.0 Å². The van der Waals surface area contributed by atoms with Crippen molar-refractivity contribution in [3.05, 3.63) is 149 Å².